The van der Waals surface area contributed by atoms with Gasteiger partial charge in [0.2, 0.25) is 0 Å². The number of halogens is 2. The van der Waals surface area contributed by atoms with E-state index >= 15 is 0 Å². The monoisotopic (exact) mass is 234 g/mol. The van der Waals surface area contributed by atoms with Gasteiger partial charge in [0.1, 0.15) is 11.6 Å². The van der Waals surface area contributed by atoms with Crippen molar-refractivity contribution in [1.29, 1.82) is 0 Å². The Morgan fingerprint density at radius 3 is 2.53 bits per heavy atom. The van der Waals surface area contributed by atoms with Gasteiger partial charge in [0, 0.05) is 11.3 Å². The van der Waals surface area contributed by atoms with Crippen molar-refractivity contribution in [3.05, 3.63) is 53.6 Å². The van der Waals surface area contributed by atoms with Gasteiger partial charge in [-0.25, -0.2) is 8.78 Å². The van der Waals surface area contributed by atoms with Gasteiger partial charge in [-0.15, -0.1) is 0 Å². The molecule has 0 bridgehead atoms. The first-order chi connectivity index (χ1) is 8.08. The van der Waals surface area contributed by atoms with Gasteiger partial charge in [-0.2, -0.15) is 0 Å². The lowest BCUT2D eigenvalue weighted by Crippen LogP contribution is -1.99. The van der Waals surface area contributed by atoms with Crippen molar-refractivity contribution < 1.29 is 8.78 Å². The molecular formula is C13H12F2N2. The molecule has 17 heavy (non-hydrogen) atoms. The summed E-state index contributed by atoms with van der Waals surface area (Å²) in [5.41, 5.74) is 7.61. The molecule has 0 aliphatic carbocycles. The van der Waals surface area contributed by atoms with Crippen LogP contribution in [0.1, 0.15) is 5.56 Å². The minimum absolute atomic E-state index is 0.286. The maximum atomic E-state index is 13.3. The third-order valence-electron chi connectivity index (χ3n) is 2.55. The molecule has 4 heteroatoms. The molecule has 0 fully saturated rings. The first-order valence-corrected chi connectivity index (χ1v) is 5.15. The maximum Gasteiger partial charge on any atom is 0.128 e. The van der Waals surface area contributed by atoms with E-state index in [4.69, 9.17) is 5.73 Å². The number of nitrogens with two attached hydrogens (primary N) is 1. The molecule has 0 spiro atoms. The molecule has 2 rings (SSSR count). The van der Waals surface area contributed by atoms with Crippen molar-refractivity contribution in [3.8, 4) is 0 Å². The van der Waals surface area contributed by atoms with Crippen molar-refractivity contribution in [1.82, 2.24) is 0 Å². The molecule has 0 saturated carbocycles. The lowest BCUT2D eigenvalue weighted by Gasteiger charge is -2.12. The fourth-order valence-electron chi connectivity index (χ4n) is 1.54. The Hall–Kier alpha value is -2.10. The number of nitrogen functional groups attached to an aromatic ring is 1. The summed E-state index contributed by atoms with van der Waals surface area (Å²) in [6.45, 7) is 1.66. The average molecular weight is 234 g/mol. The molecule has 2 aromatic carbocycles. The molecule has 88 valence electrons. The Morgan fingerprint density at radius 1 is 1.06 bits per heavy atom. The minimum atomic E-state index is -0.399. The maximum absolute atomic E-state index is 13.3. The molecule has 0 saturated heterocycles. The van der Waals surface area contributed by atoms with Gasteiger partial charge in [-0.1, -0.05) is 6.07 Å². The number of rotatable bonds is 2. The van der Waals surface area contributed by atoms with Crippen molar-refractivity contribution in [2.45, 2.75) is 6.92 Å². The smallest absolute Gasteiger partial charge is 0.128 e. The summed E-state index contributed by atoms with van der Waals surface area (Å²) in [6, 6.07) is 8.76. The van der Waals surface area contributed by atoms with E-state index in [0.717, 1.165) is 0 Å². The fraction of sp³-hybridized carbons (Fsp3) is 0.0769. The number of hydrogen-bond acceptors (Lipinski definition) is 2. The number of anilines is 3. The van der Waals surface area contributed by atoms with Crippen LogP contribution in [0.15, 0.2) is 36.4 Å². The van der Waals surface area contributed by atoms with Crippen LogP contribution in [0.5, 0.6) is 0 Å². The zero-order chi connectivity index (χ0) is 12.4. The van der Waals surface area contributed by atoms with Crippen molar-refractivity contribution >= 4 is 17.1 Å². The number of hydrogen-bond donors (Lipinski definition) is 2. The van der Waals surface area contributed by atoms with Crippen LogP contribution < -0.4 is 11.1 Å². The summed E-state index contributed by atoms with van der Waals surface area (Å²) in [6.07, 6.45) is 0. The Kier molecular flexibility index (Phi) is 2.95. The largest absolute Gasteiger partial charge is 0.397 e. The molecular weight excluding hydrogens is 222 g/mol. The highest BCUT2D eigenvalue weighted by Gasteiger charge is 2.06. The number of benzene rings is 2. The summed E-state index contributed by atoms with van der Waals surface area (Å²) in [5, 5.41) is 2.98. The highest BCUT2D eigenvalue weighted by molar-refractivity contribution is 5.73. The van der Waals surface area contributed by atoms with Crippen LogP contribution in [0.4, 0.5) is 25.8 Å². The first kappa shape index (κ1) is 11.4. The van der Waals surface area contributed by atoms with E-state index in [-0.39, 0.29) is 11.5 Å². The summed E-state index contributed by atoms with van der Waals surface area (Å²) >= 11 is 0. The molecule has 3 N–H and O–H groups in total. The topological polar surface area (TPSA) is 38.0 Å². The van der Waals surface area contributed by atoms with Crippen LogP contribution in [0.25, 0.3) is 0 Å². The van der Waals surface area contributed by atoms with Gasteiger partial charge >= 0.3 is 0 Å². The van der Waals surface area contributed by atoms with Gasteiger partial charge in [0.15, 0.2) is 0 Å². The zero-order valence-electron chi connectivity index (χ0n) is 9.30. The zero-order valence-corrected chi connectivity index (χ0v) is 9.30. The van der Waals surface area contributed by atoms with Gasteiger partial charge in [0.05, 0.1) is 11.4 Å². The molecule has 0 aliphatic rings. The molecule has 0 aromatic heterocycles. The van der Waals surface area contributed by atoms with Crippen LogP contribution in [0, 0.1) is 18.6 Å². The molecule has 0 radical (unpaired) electrons. The van der Waals surface area contributed by atoms with E-state index < -0.39 is 5.82 Å². The Balaban J connectivity index is 2.35. The Bertz CT molecular complexity index is 553. The van der Waals surface area contributed by atoms with Gasteiger partial charge in [-0.05, 0) is 37.3 Å². The predicted molar refractivity (Wildman–Crippen MR) is 65.2 cm³/mol. The van der Waals surface area contributed by atoms with E-state index in [2.05, 4.69) is 5.32 Å². The van der Waals surface area contributed by atoms with Crippen molar-refractivity contribution in [2.24, 2.45) is 0 Å². The highest BCUT2D eigenvalue weighted by atomic mass is 19.1. The second-order valence-electron chi connectivity index (χ2n) is 3.77. The SMILES string of the molecule is Cc1c(F)cccc1Nc1ccc(F)cc1N. The Morgan fingerprint density at radius 2 is 1.82 bits per heavy atom. The summed E-state index contributed by atoms with van der Waals surface area (Å²) in [4.78, 5) is 0. The lowest BCUT2D eigenvalue weighted by molar-refractivity contribution is 0.619. The van der Waals surface area contributed by atoms with Gasteiger partial charge < -0.3 is 11.1 Å². The quantitative estimate of drug-likeness (QED) is 0.779. The van der Waals surface area contributed by atoms with E-state index in [1.165, 1.54) is 24.3 Å². The van der Waals surface area contributed by atoms with E-state index in [1.54, 1.807) is 19.1 Å². The van der Waals surface area contributed by atoms with Crippen LogP contribution in [-0.2, 0) is 0 Å². The van der Waals surface area contributed by atoms with Crippen molar-refractivity contribution in [3.63, 3.8) is 0 Å². The molecule has 2 aromatic rings. The third-order valence-corrected chi connectivity index (χ3v) is 2.55. The van der Waals surface area contributed by atoms with Gasteiger partial charge in [-0.3, -0.25) is 0 Å². The molecule has 0 aliphatic heterocycles. The standard InChI is InChI=1S/C13H12F2N2/c1-8-10(15)3-2-4-12(8)17-13-6-5-9(14)7-11(13)16/h2-7,17H,16H2,1H3. The molecule has 0 unspecified atom stereocenters. The first-order valence-electron chi connectivity index (χ1n) is 5.15. The second-order valence-corrected chi connectivity index (χ2v) is 3.77. The summed E-state index contributed by atoms with van der Waals surface area (Å²) < 4.78 is 26.2. The molecule has 0 amide bonds. The van der Waals surface area contributed by atoms with Crippen LogP contribution in [-0.4, -0.2) is 0 Å². The lowest BCUT2D eigenvalue weighted by atomic mass is 10.1. The van der Waals surface area contributed by atoms with E-state index in [9.17, 15) is 8.78 Å². The van der Waals surface area contributed by atoms with Crippen LogP contribution in [0.3, 0.4) is 0 Å². The van der Waals surface area contributed by atoms with Crippen molar-refractivity contribution in [2.75, 3.05) is 11.1 Å². The fourth-order valence-corrected chi connectivity index (χ4v) is 1.54. The van der Waals surface area contributed by atoms with E-state index in [1.807, 2.05) is 0 Å². The summed E-state index contributed by atoms with van der Waals surface area (Å²) in [5.74, 6) is -0.695. The normalized spacial score (nSPS) is 10.3. The molecule has 0 heterocycles. The number of nitrogens with one attached hydrogen (secondary N) is 1. The molecule has 0 atom stereocenters. The average Bonchev–Trinajstić information content (AvgIpc) is 2.28. The third kappa shape index (κ3) is 2.36. The second kappa shape index (κ2) is 4.41. The molecule has 2 nitrogen and oxygen atoms in total. The highest BCUT2D eigenvalue weighted by Crippen LogP contribution is 2.26. The minimum Gasteiger partial charge on any atom is -0.397 e. The Labute approximate surface area is 98.1 Å². The van der Waals surface area contributed by atoms with Crippen LogP contribution >= 0.6 is 0 Å². The summed E-state index contributed by atoms with van der Waals surface area (Å²) in [7, 11) is 0. The van der Waals surface area contributed by atoms with Crippen LogP contribution in [0.2, 0.25) is 0 Å². The predicted octanol–water partition coefficient (Wildman–Crippen LogP) is 3.60. The van der Waals surface area contributed by atoms with E-state index in [0.29, 0.717) is 16.9 Å². The van der Waals surface area contributed by atoms with Gasteiger partial charge in [0.25, 0.3) is 0 Å².